The molecule has 3 rings (SSSR count). The lowest BCUT2D eigenvalue weighted by Crippen LogP contribution is -2.25. The fourth-order valence-corrected chi connectivity index (χ4v) is 2.68. The molecular formula is C22H20N4O2. The van der Waals surface area contributed by atoms with E-state index < -0.39 is 0 Å². The molecule has 6 heteroatoms. The second kappa shape index (κ2) is 9.19. The van der Waals surface area contributed by atoms with Gasteiger partial charge in [-0.3, -0.25) is 4.79 Å². The van der Waals surface area contributed by atoms with Crippen molar-refractivity contribution in [1.82, 2.24) is 10.3 Å². The molecule has 1 aromatic heterocycles. The first-order valence-electron chi connectivity index (χ1n) is 8.83. The third-order valence-corrected chi connectivity index (χ3v) is 4.19. The van der Waals surface area contributed by atoms with Crippen molar-refractivity contribution in [2.45, 2.75) is 6.42 Å². The van der Waals surface area contributed by atoms with Crippen LogP contribution in [-0.2, 0) is 6.42 Å². The van der Waals surface area contributed by atoms with E-state index in [-0.39, 0.29) is 5.91 Å². The Labute approximate surface area is 163 Å². The lowest BCUT2D eigenvalue weighted by atomic mass is 10.1. The van der Waals surface area contributed by atoms with Gasteiger partial charge in [-0.15, -0.1) is 0 Å². The minimum Gasteiger partial charge on any atom is -0.497 e. The van der Waals surface area contributed by atoms with Crippen molar-refractivity contribution in [2.24, 2.45) is 0 Å². The number of hydrogen-bond donors (Lipinski definition) is 2. The third-order valence-electron chi connectivity index (χ3n) is 4.19. The zero-order chi connectivity index (χ0) is 19.8. The second-order valence-electron chi connectivity index (χ2n) is 6.07. The van der Waals surface area contributed by atoms with Crippen LogP contribution in [0.3, 0.4) is 0 Å². The van der Waals surface area contributed by atoms with E-state index in [1.165, 1.54) is 0 Å². The topological polar surface area (TPSA) is 87.0 Å². The number of carbonyl (C=O) groups is 1. The Hall–Kier alpha value is -3.85. The molecule has 2 N–H and O–H groups in total. The minimum atomic E-state index is -0.174. The lowest BCUT2D eigenvalue weighted by Gasteiger charge is -2.09. The normalized spacial score (nSPS) is 10.0. The molecule has 1 amide bonds. The minimum absolute atomic E-state index is 0.174. The molecule has 6 nitrogen and oxygen atoms in total. The van der Waals surface area contributed by atoms with Crippen LogP contribution in [-0.4, -0.2) is 24.5 Å². The number of aromatic nitrogens is 1. The largest absolute Gasteiger partial charge is 0.497 e. The van der Waals surface area contributed by atoms with Gasteiger partial charge in [0.1, 0.15) is 17.6 Å². The Morgan fingerprint density at radius 1 is 1.14 bits per heavy atom. The first-order valence-corrected chi connectivity index (χ1v) is 8.83. The van der Waals surface area contributed by atoms with Crippen LogP contribution in [0.1, 0.15) is 21.5 Å². The highest BCUT2D eigenvalue weighted by Gasteiger charge is 2.08. The molecule has 0 bridgehead atoms. The number of methoxy groups -OCH3 is 1. The number of pyridine rings is 1. The Kier molecular flexibility index (Phi) is 6.21. The molecule has 0 spiro atoms. The van der Waals surface area contributed by atoms with Gasteiger partial charge in [0.25, 0.3) is 5.91 Å². The maximum Gasteiger partial charge on any atom is 0.251 e. The maximum absolute atomic E-state index is 12.4. The molecule has 1 heterocycles. The van der Waals surface area contributed by atoms with Gasteiger partial charge in [0.15, 0.2) is 0 Å². The van der Waals surface area contributed by atoms with E-state index in [4.69, 9.17) is 4.74 Å². The number of anilines is 2. The summed E-state index contributed by atoms with van der Waals surface area (Å²) >= 11 is 0. The lowest BCUT2D eigenvalue weighted by molar-refractivity contribution is 0.0954. The fourth-order valence-electron chi connectivity index (χ4n) is 2.68. The predicted octanol–water partition coefficient (Wildman–Crippen LogP) is 3.68. The van der Waals surface area contributed by atoms with Crippen LogP contribution in [0.25, 0.3) is 0 Å². The van der Waals surface area contributed by atoms with Crippen LogP contribution in [0.15, 0.2) is 66.9 Å². The molecule has 0 saturated carbocycles. The summed E-state index contributed by atoms with van der Waals surface area (Å²) in [4.78, 5) is 16.6. The Morgan fingerprint density at radius 2 is 1.93 bits per heavy atom. The second-order valence-corrected chi connectivity index (χ2v) is 6.07. The number of nitriles is 1. The number of amides is 1. The molecule has 0 saturated heterocycles. The summed E-state index contributed by atoms with van der Waals surface area (Å²) in [6.07, 6.45) is 2.29. The van der Waals surface area contributed by atoms with E-state index in [9.17, 15) is 10.1 Å². The summed E-state index contributed by atoms with van der Waals surface area (Å²) in [5.74, 6) is 1.14. The molecule has 0 unspecified atom stereocenters. The summed E-state index contributed by atoms with van der Waals surface area (Å²) in [6, 6.07) is 20.3. The fraction of sp³-hybridized carbons (Fsp3) is 0.136. The number of rotatable bonds is 7. The van der Waals surface area contributed by atoms with Gasteiger partial charge in [0.05, 0.1) is 18.4 Å². The number of ether oxygens (including phenoxy) is 1. The summed E-state index contributed by atoms with van der Waals surface area (Å²) < 4.78 is 5.14. The van der Waals surface area contributed by atoms with Gasteiger partial charge in [-0.25, -0.2) is 4.98 Å². The van der Waals surface area contributed by atoms with Crippen molar-refractivity contribution in [3.8, 4) is 11.8 Å². The van der Waals surface area contributed by atoms with Crippen molar-refractivity contribution in [3.05, 3.63) is 83.6 Å². The number of nitrogens with one attached hydrogen (secondary N) is 2. The number of nitrogens with zero attached hydrogens (tertiary/aromatic N) is 2. The highest BCUT2D eigenvalue weighted by Crippen LogP contribution is 2.19. The summed E-state index contributed by atoms with van der Waals surface area (Å²) in [5, 5.41) is 15.2. The molecule has 0 atom stereocenters. The average Bonchev–Trinajstić information content (AvgIpc) is 2.75. The number of carbonyl (C=O) groups excluding carboxylic acids is 1. The summed E-state index contributed by atoms with van der Waals surface area (Å²) in [5.41, 5.74) is 2.78. The number of para-hydroxylation sites is 1. The van der Waals surface area contributed by atoms with Gasteiger partial charge in [0.2, 0.25) is 0 Å². The third kappa shape index (κ3) is 4.86. The van der Waals surface area contributed by atoms with Crippen molar-refractivity contribution in [2.75, 3.05) is 19.0 Å². The molecule has 2 aromatic carbocycles. The monoisotopic (exact) mass is 372 g/mol. The highest BCUT2D eigenvalue weighted by atomic mass is 16.5. The van der Waals surface area contributed by atoms with Crippen LogP contribution >= 0.6 is 0 Å². The van der Waals surface area contributed by atoms with Crippen molar-refractivity contribution >= 4 is 17.4 Å². The highest BCUT2D eigenvalue weighted by molar-refractivity contribution is 5.94. The van der Waals surface area contributed by atoms with Gasteiger partial charge in [0, 0.05) is 18.3 Å². The van der Waals surface area contributed by atoms with Crippen LogP contribution in [0.4, 0.5) is 11.5 Å². The zero-order valence-corrected chi connectivity index (χ0v) is 15.5. The van der Waals surface area contributed by atoms with Crippen LogP contribution < -0.4 is 15.4 Å². The van der Waals surface area contributed by atoms with E-state index in [2.05, 4.69) is 21.7 Å². The molecule has 0 aliphatic carbocycles. The Bertz CT molecular complexity index is 994. The molecular weight excluding hydrogens is 352 g/mol. The molecule has 0 fully saturated rings. The Balaban J connectivity index is 1.59. The first kappa shape index (κ1) is 18.9. The molecule has 3 aromatic rings. The maximum atomic E-state index is 12.4. The molecule has 140 valence electrons. The van der Waals surface area contributed by atoms with Gasteiger partial charge in [-0.1, -0.05) is 24.3 Å². The van der Waals surface area contributed by atoms with Crippen molar-refractivity contribution < 1.29 is 9.53 Å². The molecule has 0 aliphatic heterocycles. The van der Waals surface area contributed by atoms with E-state index >= 15 is 0 Å². The number of hydrogen-bond acceptors (Lipinski definition) is 5. The molecule has 28 heavy (non-hydrogen) atoms. The standard InChI is InChI=1S/C22H20N4O2/c1-28-19-8-6-16(7-9-19)10-12-25-22(27)17-11-13-24-21(14-17)26-20-5-3-2-4-18(20)15-23/h2-9,11,13-14H,10,12H2,1H3,(H,24,26)(H,25,27). The average molecular weight is 372 g/mol. The molecule has 0 radical (unpaired) electrons. The summed E-state index contributed by atoms with van der Waals surface area (Å²) in [7, 11) is 1.63. The van der Waals surface area contributed by atoms with E-state index in [1.807, 2.05) is 30.3 Å². The van der Waals surface area contributed by atoms with Gasteiger partial charge >= 0.3 is 0 Å². The van der Waals surface area contributed by atoms with Crippen molar-refractivity contribution in [3.63, 3.8) is 0 Å². The van der Waals surface area contributed by atoms with E-state index in [0.717, 1.165) is 17.7 Å². The van der Waals surface area contributed by atoms with Crippen LogP contribution in [0, 0.1) is 11.3 Å². The van der Waals surface area contributed by atoms with Gasteiger partial charge < -0.3 is 15.4 Å². The zero-order valence-electron chi connectivity index (χ0n) is 15.5. The Morgan fingerprint density at radius 3 is 2.68 bits per heavy atom. The smallest absolute Gasteiger partial charge is 0.251 e. The number of benzene rings is 2. The van der Waals surface area contributed by atoms with E-state index in [1.54, 1.807) is 43.6 Å². The summed E-state index contributed by atoms with van der Waals surface area (Å²) in [6.45, 7) is 0.521. The SMILES string of the molecule is COc1ccc(CCNC(=O)c2ccnc(Nc3ccccc3C#N)c2)cc1. The predicted molar refractivity (Wildman–Crippen MR) is 108 cm³/mol. The van der Waals surface area contributed by atoms with Gasteiger partial charge in [-0.05, 0) is 48.4 Å². The van der Waals surface area contributed by atoms with Crippen LogP contribution in [0.5, 0.6) is 5.75 Å². The quantitative estimate of drug-likeness (QED) is 0.661. The van der Waals surface area contributed by atoms with E-state index in [0.29, 0.717) is 29.2 Å². The van der Waals surface area contributed by atoms with Gasteiger partial charge in [-0.2, -0.15) is 5.26 Å². The first-order chi connectivity index (χ1) is 13.7. The molecule has 0 aliphatic rings. The van der Waals surface area contributed by atoms with Crippen LogP contribution in [0.2, 0.25) is 0 Å². The van der Waals surface area contributed by atoms with Crippen molar-refractivity contribution in [1.29, 1.82) is 5.26 Å².